The molecule has 2 N–H and O–H groups in total. The summed E-state index contributed by atoms with van der Waals surface area (Å²) in [5, 5.41) is 25.7. The van der Waals surface area contributed by atoms with Gasteiger partial charge in [-0.25, -0.2) is 13.2 Å². The van der Waals surface area contributed by atoms with Crippen molar-refractivity contribution in [3.05, 3.63) is 30.2 Å². The van der Waals surface area contributed by atoms with E-state index >= 15 is 0 Å². The average molecular weight is 475 g/mol. The molecule has 176 valence electrons. The Morgan fingerprint density at radius 3 is 2.52 bits per heavy atom. The molecule has 1 fully saturated rings. The normalized spacial score (nSPS) is 15.2. The number of ether oxygens (including phenoxy) is 1. The van der Waals surface area contributed by atoms with Gasteiger partial charge in [-0.1, -0.05) is 0 Å². The second-order valence-corrected chi connectivity index (χ2v) is 10.5. The van der Waals surface area contributed by atoms with Crippen molar-refractivity contribution in [2.75, 3.05) is 42.7 Å². The minimum atomic E-state index is -3.45. The largest absolute Gasteiger partial charge is 0.444 e. The molecule has 1 saturated heterocycles. The summed E-state index contributed by atoms with van der Waals surface area (Å²) in [7, 11) is -3.45. The van der Waals surface area contributed by atoms with Gasteiger partial charge in [0.1, 0.15) is 17.2 Å². The lowest BCUT2D eigenvalue weighted by atomic mass is 10.2. The molecule has 2 heterocycles. The Morgan fingerprint density at radius 1 is 1.27 bits per heavy atom. The summed E-state index contributed by atoms with van der Waals surface area (Å²) in [6, 6.07) is 6.72. The summed E-state index contributed by atoms with van der Waals surface area (Å²) in [6.07, 6.45) is 2.16. The first-order valence-corrected chi connectivity index (χ1v) is 12.0. The number of aromatic amines is 1. The Bertz CT molecular complexity index is 1170. The van der Waals surface area contributed by atoms with E-state index in [1.54, 1.807) is 11.0 Å². The van der Waals surface area contributed by atoms with Crippen molar-refractivity contribution in [2.45, 2.75) is 31.3 Å². The molecule has 1 amide bonds. The molecule has 1 aliphatic heterocycles. The molecule has 0 atom stereocenters. The van der Waals surface area contributed by atoms with Crippen LogP contribution in [0.2, 0.25) is 0 Å². The highest BCUT2D eigenvalue weighted by Gasteiger charge is 2.27. The van der Waals surface area contributed by atoms with Crippen LogP contribution >= 0.6 is 0 Å². The number of sulfone groups is 1. The van der Waals surface area contributed by atoms with Crippen molar-refractivity contribution >= 4 is 32.9 Å². The maximum Gasteiger partial charge on any atom is 0.410 e. The van der Waals surface area contributed by atoms with Crippen LogP contribution < -0.4 is 10.2 Å². The minimum absolute atomic E-state index is 0.108. The van der Waals surface area contributed by atoms with Crippen LogP contribution in [0.5, 0.6) is 0 Å². The molecular formula is C20H26N8O4S. The zero-order valence-electron chi connectivity index (χ0n) is 18.9. The number of anilines is 2. The first-order chi connectivity index (χ1) is 15.5. The Labute approximate surface area is 192 Å². The van der Waals surface area contributed by atoms with Crippen LogP contribution in [0.1, 0.15) is 26.6 Å². The van der Waals surface area contributed by atoms with Gasteiger partial charge in [0.2, 0.25) is 5.82 Å². The van der Waals surface area contributed by atoms with Crippen LogP contribution in [0, 0.1) is 11.3 Å². The van der Waals surface area contributed by atoms with Crippen LogP contribution in [0.3, 0.4) is 0 Å². The smallest absolute Gasteiger partial charge is 0.410 e. The van der Waals surface area contributed by atoms with Crippen LogP contribution in [0.4, 0.5) is 16.2 Å². The third kappa shape index (κ3) is 6.19. The van der Waals surface area contributed by atoms with Gasteiger partial charge in [0.15, 0.2) is 9.84 Å². The number of nitriles is 1. The van der Waals surface area contributed by atoms with Gasteiger partial charge in [-0.05, 0) is 44.2 Å². The standard InChI is InChI=1S/C20H26N8O4S/c1-20(2,3)32-19(29)28-9-7-27(8-10-28)17-6-5-15(33(4,30)31)11-16(17)22-13-14(12-21)18-23-25-26-24-18/h5-6,11,13,22H,7-10H2,1-4H3,(H,23,24,25,26). The van der Waals surface area contributed by atoms with Gasteiger partial charge in [-0.3, -0.25) is 0 Å². The van der Waals surface area contributed by atoms with Crippen molar-refractivity contribution in [1.29, 1.82) is 5.26 Å². The molecule has 0 saturated carbocycles. The van der Waals surface area contributed by atoms with E-state index in [4.69, 9.17) is 4.74 Å². The van der Waals surface area contributed by atoms with Crippen molar-refractivity contribution in [2.24, 2.45) is 0 Å². The number of nitrogens with one attached hydrogen (secondary N) is 2. The molecule has 0 aliphatic carbocycles. The Balaban J connectivity index is 1.84. The lowest BCUT2D eigenvalue weighted by Crippen LogP contribution is -2.50. The van der Waals surface area contributed by atoms with Crippen molar-refractivity contribution in [1.82, 2.24) is 25.5 Å². The third-order valence-electron chi connectivity index (χ3n) is 4.75. The predicted octanol–water partition coefficient (Wildman–Crippen LogP) is 1.64. The van der Waals surface area contributed by atoms with Crippen LogP contribution in [0.25, 0.3) is 5.57 Å². The maximum absolute atomic E-state index is 12.4. The lowest BCUT2D eigenvalue weighted by molar-refractivity contribution is 0.0240. The third-order valence-corrected chi connectivity index (χ3v) is 5.86. The molecule has 0 radical (unpaired) electrons. The SMILES string of the molecule is CC(C)(C)OC(=O)N1CCN(c2ccc(S(C)(=O)=O)cc2NC=C(C#N)c2nn[nH]n2)CC1. The molecule has 1 aromatic carbocycles. The number of H-pyrrole nitrogens is 1. The van der Waals surface area contributed by atoms with Crippen LogP contribution in [0.15, 0.2) is 29.3 Å². The molecule has 3 rings (SSSR count). The van der Waals surface area contributed by atoms with Crippen LogP contribution in [-0.4, -0.2) is 78.1 Å². The first-order valence-electron chi connectivity index (χ1n) is 10.2. The second kappa shape index (κ2) is 9.45. The molecule has 1 aliphatic rings. The second-order valence-electron chi connectivity index (χ2n) is 8.46. The lowest BCUT2D eigenvalue weighted by Gasteiger charge is -2.37. The highest BCUT2D eigenvalue weighted by molar-refractivity contribution is 7.90. The summed E-state index contributed by atoms with van der Waals surface area (Å²) < 4.78 is 29.6. The number of hydrogen-bond donors (Lipinski definition) is 2. The molecule has 12 nitrogen and oxygen atoms in total. The quantitative estimate of drug-likeness (QED) is 0.610. The molecular weight excluding hydrogens is 448 g/mol. The number of allylic oxidation sites excluding steroid dienone is 1. The fourth-order valence-electron chi connectivity index (χ4n) is 3.17. The number of rotatable bonds is 5. The topological polar surface area (TPSA) is 157 Å². The molecule has 2 aromatic rings. The number of carbonyl (C=O) groups is 1. The molecule has 1 aromatic heterocycles. The van der Waals surface area contributed by atoms with Gasteiger partial charge in [0, 0.05) is 38.6 Å². The summed E-state index contributed by atoms with van der Waals surface area (Å²) >= 11 is 0. The van der Waals surface area contributed by atoms with Gasteiger partial charge >= 0.3 is 6.09 Å². The van der Waals surface area contributed by atoms with Gasteiger partial charge in [-0.2, -0.15) is 10.5 Å². The number of benzene rings is 1. The number of tetrazole rings is 1. The van der Waals surface area contributed by atoms with Crippen molar-refractivity contribution in [3.8, 4) is 6.07 Å². The number of hydrogen-bond acceptors (Lipinski definition) is 10. The van der Waals surface area contributed by atoms with Gasteiger partial charge in [0.25, 0.3) is 0 Å². The molecule has 13 heteroatoms. The van der Waals surface area contributed by atoms with E-state index in [1.165, 1.54) is 18.3 Å². The zero-order chi connectivity index (χ0) is 24.2. The fourth-order valence-corrected chi connectivity index (χ4v) is 3.81. The van der Waals surface area contributed by atoms with E-state index in [0.717, 1.165) is 11.9 Å². The first kappa shape index (κ1) is 24.0. The fraction of sp³-hybridized carbons (Fsp3) is 0.450. The Morgan fingerprint density at radius 2 is 1.97 bits per heavy atom. The number of piperazine rings is 1. The maximum atomic E-state index is 12.4. The average Bonchev–Trinajstić information content (AvgIpc) is 3.27. The number of nitrogens with zero attached hydrogens (tertiary/aromatic N) is 6. The zero-order valence-corrected chi connectivity index (χ0v) is 19.7. The molecule has 0 bridgehead atoms. The monoisotopic (exact) mass is 474 g/mol. The van der Waals surface area contributed by atoms with E-state index in [1.807, 2.05) is 31.7 Å². The number of amides is 1. The summed E-state index contributed by atoms with van der Waals surface area (Å²) in [5.74, 6) is 0.108. The summed E-state index contributed by atoms with van der Waals surface area (Å²) in [5.41, 5.74) is 0.762. The van der Waals surface area contributed by atoms with Crippen LogP contribution in [-0.2, 0) is 14.6 Å². The highest BCUT2D eigenvalue weighted by Crippen LogP contribution is 2.30. The number of aromatic nitrogens is 4. The Kier molecular flexibility index (Phi) is 6.87. The highest BCUT2D eigenvalue weighted by atomic mass is 32.2. The van der Waals surface area contributed by atoms with Gasteiger partial charge < -0.3 is 19.9 Å². The molecule has 33 heavy (non-hydrogen) atoms. The summed E-state index contributed by atoms with van der Waals surface area (Å²) in [4.78, 5) is 16.2. The van der Waals surface area contributed by atoms with Crippen molar-refractivity contribution in [3.63, 3.8) is 0 Å². The van der Waals surface area contributed by atoms with E-state index in [0.29, 0.717) is 31.9 Å². The summed E-state index contributed by atoms with van der Waals surface area (Å²) in [6.45, 7) is 7.40. The van der Waals surface area contributed by atoms with Gasteiger partial charge in [-0.15, -0.1) is 10.2 Å². The number of carbonyl (C=O) groups excluding carboxylic acids is 1. The van der Waals surface area contributed by atoms with Crippen molar-refractivity contribution < 1.29 is 17.9 Å². The van der Waals surface area contributed by atoms with E-state index < -0.39 is 15.4 Å². The molecule has 0 spiro atoms. The predicted molar refractivity (Wildman–Crippen MR) is 121 cm³/mol. The van der Waals surface area contributed by atoms with E-state index in [9.17, 15) is 18.5 Å². The molecule has 0 unspecified atom stereocenters. The van der Waals surface area contributed by atoms with E-state index in [-0.39, 0.29) is 22.4 Å². The minimum Gasteiger partial charge on any atom is -0.444 e. The Hall–Kier alpha value is -3.66. The van der Waals surface area contributed by atoms with E-state index in [2.05, 4.69) is 25.9 Å². The van der Waals surface area contributed by atoms with Gasteiger partial charge in [0.05, 0.1) is 16.3 Å².